The smallest absolute Gasteiger partial charge is 0.175 e. The summed E-state index contributed by atoms with van der Waals surface area (Å²) in [4.78, 5) is 13.2. The molecule has 158 valence electrons. The van der Waals surface area contributed by atoms with Gasteiger partial charge in [0, 0.05) is 11.1 Å². The van der Waals surface area contributed by atoms with Crippen molar-refractivity contribution in [2.24, 2.45) is 5.18 Å². The average molecular weight is 472 g/mol. The molecule has 0 saturated heterocycles. The molecule has 0 aliphatic rings. The van der Waals surface area contributed by atoms with Crippen LogP contribution in [0.2, 0.25) is 5.02 Å². The van der Waals surface area contributed by atoms with Gasteiger partial charge in [0.15, 0.2) is 9.84 Å². The minimum absolute atomic E-state index is 0.272. The van der Waals surface area contributed by atoms with Crippen LogP contribution in [-0.4, -0.2) is 24.5 Å². The molecule has 0 bridgehead atoms. The number of benzene rings is 2. The van der Waals surface area contributed by atoms with E-state index in [1.54, 1.807) is 35.9 Å². The van der Waals surface area contributed by atoms with Crippen molar-refractivity contribution in [1.82, 2.24) is 9.78 Å². The Morgan fingerprint density at radius 2 is 1.77 bits per heavy atom. The summed E-state index contributed by atoms with van der Waals surface area (Å²) in [6, 6.07) is 19.3. The molecule has 0 fully saturated rings. The van der Waals surface area contributed by atoms with E-state index in [-0.39, 0.29) is 4.90 Å². The molecular weight excluding hydrogens is 454 g/mol. The van der Waals surface area contributed by atoms with E-state index in [2.05, 4.69) is 10.3 Å². The summed E-state index contributed by atoms with van der Waals surface area (Å²) in [5.41, 5.74) is 2.82. The lowest BCUT2D eigenvalue weighted by atomic mass is 10.2. The van der Waals surface area contributed by atoms with Crippen molar-refractivity contribution in [3.8, 4) is 26.7 Å². The summed E-state index contributed by atoms with van der Waals surface area (Å²) in [7, 11) is -3.30. The van der Waals surface area contributed by atoms with Crippen molar-refractivity contribution in [3.05, 3.63) is 82.4 Å². The normalized spacial score (nSPS) is 12.6. The van der Waals surface area contributed by atoms with Gasteiger partial charge < -0.3 is 0 Å². The standard InChI is InChI=1S/C22H18ClN3O3S2/c1-14(25-27)18-13-20(26(24-18)19-9-4-3-8-17(19)23)22-11-10-21(30-22)15-6-5-7-16(12-15)31(2,28)29/h3-14H,1-2H3. The zero-order chi connectivity index (χ0) is 22.2. The van der Waals surface area contributed by atoms with E-state index in [4.69, 9.17) is 11.6 Å². The van der Waals surface area contributed by atoms with Gasteiger partial charge in [-0.3, -0.25) is 0 Å². The molecule has 0 N–H and O–H groups in total. The van der Waals surface area contributed by atoms with Crippen molar-refractivity contribution >= 4 is 32.8 Å². The van der Waals surface area contributed by atoms with Crippen LogP contribution in [0.15, 0.2) is 76.8 Å². The van der Waals surface area contributed by atoms with E-state index < -0.39 is 15.9 Å². The molecule has 0 aliphatic carbocycles. The van der Waals surface area contributed by atoms with Crippen LogP contribution in [0.1, 0.15) is 18.7 Å². The molecule has 9 heteroatoms. The first-order chi connectivity index (χ1) is 14.8. The number of nitroso groups, excluding NO2 is 1. The second-order valence-corrected chi connectivity index (χ2v) is 10.6. The number of aromatic nitrogens is 2. The van der Waals surface area contributed by atoms with Gasteiger partial charge in [-0.2, -0.15) is 10.0 Å². The third-order valence-electron chi connectivity index (χ3n) is 4.80. The third-order valence-corrected chi connectivity index (χ3v) is 7.39. The van der Waals surface area contributed by atoms with Gasteiger partial charge in [-0.25, -0.2) is 13.1 Å². The third kappa shape index (κ3) is 4.32. The largest absolute Gasteiger partial charge is 0.230 e. The Balaban J connectivity index is 1.83. The van der Waals surface area contributed by atoms with E-state index in [9.17, 15) is 13.3 Å². The molecule has 1 unspecified atom stereocenters. The molecule has 31 heavy (non-hydrogen) atoms. The van der Waals surface area contributed by atoms with Gasteiger partial charge >= 0.3 is 0 Å². The zero-order valence-electron chi connectivity index (χ0n) is 16.7. The Labute approximate surface area is 189 Å². The van der Waals surface area contributed by atoms with Crippen LogP contribution < -0.4 is 0 Å². The van der Waals surface area contributed by atoms with Gasteiger partial charge in [0.25, 0.3) is 0 Å². The van der Waals surface area contributed by atoms with Crippen molar-refractivity contribution < 1.29 is 8.42 Å². The number of para-hydroxylation sites is 1. The average Bonchev–Trinajstić information content (AvgIpc) is 3.40. The Morgan fingerprint density at radius 1 is 1.03 bits per heavy atom. The number of hydrogen-bond donors (Lipinski definition) is 0. The van der Waals surface area contributed by atoms with Gasteiger partial charge in [-0.1, -0.05) is 41.0 Å². The van der Waals surface area contributed by atoms with Gasteiger partial charge in [0.1, 0.15) is 6.04 Å². The molecule has 0 saturated carbocycles. The summed E-state index contributed by atoms with van der Waals surface area (Å²) in [6.07, 6.45) is 1.19. The Bertz CT molecular complexity index is 1380. The van der Waals surface area contributed by atoms with E-state index in [1.165, 1.54) is 17.6 Å². The van der Waals surface area contributed by atoms with Crippen LogP contribution in [-0.2, 0) is 9.84 Å². The second-order valence-electron chi connectivity index (χ2n) is 7.06. The minimum atomic E-state index is -3.30. The molecule has 4 rings (SSSR count). The lowest BCUT2D eigenvalue weighted by molar-refractivity contribution is 0.602. The van der Waals surface area contributed by atoms with Crippen LogP contribution in [0.5, 0.6) is 0 Å². The quantitative estimate of drug-likeness (QED) is 0.316. The van der Waals surface area contributed by atoms with Crippen molar-refractivity contribution in [2.75, 3.05) is 6.26 Å². The fourth-order valence-electron chi connectivity index (χ4n) is 3.15. The molecule has 0 amide bonds. The van der Waals surface area contributed by atoms with Crippen molar-refractivity contribution in [3.63, 3.8) is 0 Å². The number of sulfone groups is 1. The highest BCUT2D eigenvalue weighted by atomic mass is 35.5. The van der Waals surface area contributed by atoms with E-state index >= 15 is 0 Å². The molecule has 2 heterocycles. The van der Waals surface area contributed by atoms with E-state index in [0.29, 0.717) is 16.4 Å². The molecule has 0 radical (unpaired) electrons. The Kier molecular flexibility index (Phi) is 5.79. The molecule has 1 atom stereocenters. The van der Waals surface area contributed by atoms with Crippen molar-refractivity contribution in [1.29, 1.82) is 0 Å². The molecule has 4 aromatic rings. The second kappa shape index (κ2) is 8.37. The van der Waals surface area contributed by atoms with Crippen LogP contribution in [0, 0.1) is 4.91 Å². The molecule has 2 aromatic carbocycles. The lowest BCUT2D eigenvalue weighted by Gasteiger charge is -2.08. The zero-order valence-corrected chi connectivity index (χ0v) is 19.1. The van der Waals surface area contributed by atoms with E-state index in [1.807, 2.05) is 42.5 Å². The first-order valence-corrected chi connectivity index (χ1v) is 12.4. The Hall–Kier alpha value is -2.81. The summed E-state index contributed by atoms with van der Waals surface area (Å²) in [5.74, 6) is 0. The highest BCUT2D eigenvalue weighted by Crippen LogP contribution is 2.38. The highest BCUT2D eigenvalue weighted by molar-refractivity contribution is 7.90. The Morgan fingerprint density at radius 3 is 2.48 bits per heavy atom. The first kappa shape index (κ1) is 21.4. The summed E-state index contributed by atoms with van der Waals surface area (Å²) in [5, 5.41) is 8.21. The lowest BCUT2D eigenvalue weighted by Crippen LogP contribution is -2.00. The van der Waals surface area contributed by atoms with Crippen LogP contribution in [0.25, 0.3) is 26.7 Å². The maximum Gasteiger partial charge on any atom is 0.175 e. The predicted octanol–water partition coefficient (Wildman–Crippen LogP) is 6.15. The maximum absolute atomic E-state index is 11.9. The molecule has 6 nitrogen and oxygen atoms in total. The predicted molar refractivity (Wildman–Crippen MR) is 125 cm³/mol. The number of nitrogens with zero attached hydrogens (tertiary/aromatic N) is 3. The first-order valence-electron chi connectivity index (χ1n) is 9.36. The van der Waals surface area contributed by atoms with Gasteiger partial charge in [0.2, 0.25) is 0 Å². The van der Waals surface area contributed by atoms with Gasteiger partial charge in [0.05, 0.1) is 31.9 Å². The SMILES string of the molecule is CC(N=O)c1cc(-c2ccc(-c3cccc(S(C)(=O)=O)c3)s2)n(-c2ccccc2Cl)n1. The number of thiophene rings is 1. The van der Waals surface area contributed by atoms with Gasteiger partial charge in [-0.05, 0) is 55.0 Å². The monoisotopic (exact) mass is 471 g/mol. The summed E-state index contributed by atoms with van der Waals surface area (Å²) < 4.78 is 25.5. The number of rotatable bonds is 6. The summed E-state index contributed by atoms with van der Waals surface area (Å²) >= 11 is 7.90. The molecule has 0 spiro atoms. The molecular formula is C22H18ClN3O3S2. The van der Waals surface area contributed by atoms with Gasteiger partial charge in [-0.15, -0.1) is 11.3 Å². The van der Waals surface area contributed by atoms with Crippen LogP contribution in [0.4, 0.5) is 0 Å². The van der Waals surface area contributed by atoms with Crippen LogP contribution >= 0.6 is 22.9 Å². The topological polar surface area (TPSA) is 81.4 Å². The van der Waals surface area contributed by atoms with Crippen molar-refractivity contribution in [2.45, 2.75) is 17.9 Å². The fraction of sp³-hybridized carbons (Fsp3) is 0.136. The fourth-order valence-corrected chi connectivity index (χ4v) is 5.04. The molecule has 0 aliphatic heterocycles. The van der Waals surface area contributed by atoms with Crippen LogP contribution in [0.3, 0.4) is 0 Å². The number of halogens is 1. The maximum atomic E-state index is 11.9. The minimum Gasteiger partial charge on any atom is -0.230 e. The van der Waals surface area contributed by atoms with E-state index in [0.717, 1.165) is 21.0 Å². The summed E-state index contributed by atoms with van der Waals surface area (Å²) in [6.45, 7) is 1.69. The molecule has 2 aromatic heterocycles. The number of hydrogen-bond acceptors (Lipinski definition) is 6. The highest BCUT2D eigenvalue weighted by Gasteiger charge is 2.19.